The number of aliphatic carboxylic acids is 1. The molecule has 0 aromatic heterocycles. The Labute approximate surface area is 101 Å². The van der Waals surface area contributed by atoms with Crippen LogP contribution in [0.25, 0.3) is 0 Å². The smallest absolute Gasteiger partial charge is 0.321 e. The van der Waals surface area contributed by atoms with Gasteiger partial charge in [-0.05, 0) is 12.1 Å². The van der Waals surface area contributed by atoms with E-state index in [-0.39, 0.29) is 18.8 Å². The SMILES string of the molecule is O=C(O)C1CN(C(=O)Nc2cccc(F)c2F)C1. The predicted molar refractivity (Wildman–Crippen MR) is 58.1 cm³/mol. The number of halogens is 2. The van der Waals surface area contributed by atoms with Crippen LogP contribution in [0.1, 0.15) is 0 Å². The van der Waals surface area contributed by atoms with Gasteiger partial charge < -0.3 is 15.3 Å². The molecule has 1 fully saturated rings. The van der Waals surface area contributed by atoms with Gasteiger partial charge in [0.05, 0.1) is 11.6 Å². The molecule has 18 heavy (non-hydrogen) atoms. The molecule has 1 heterocycles. The molecule has 0 spiro atoms. The zero-order valence-electron chi connectivity index (χ0n) is 9.19. The second kappa shape index (κ2) is 4.59. The average molecular weight is 256 g/mol. The first-order valence-corrected chi connectivity index (χ1v) is 5.22. The molecule has 0 saturated carbocycles. The van der Waals surface area contributed by atoms with Gasteiger partial charge in [0.25, 0.3) is 0 Å². The van der Waals surface area contributed by atoms with E-state index in [1.165, 1.54) is 17.0 Å². The summed E-state index contributed by atoms with van der Waals surface area (Å²) < 4.78 is 26.1. The van der Waals surface area contributed by atoms with Crippen LogP contribution in [0.3, 0.4) is 0 Å². The van der Waals surface area contributed by atoms with Crippen molar-refractivity contribution < 1.29 is 23.5 Å². The summed E-state index contributed by atoms with van der Waals surface area (Å²) in [6, 6.07) is 2.79. The highest BCUT2D eigenvalue weighted by molar-refractivity contribution is 5.91. The highest BCUT2D eigenvalue weighted by Gasteiger charge is 2.35. The number of carboxylic acid groups (broad SMARTS) is 1. The second-order valence-electron chi connectivity index (χ2n) is 3.97. The van der Waals surface area contributed by atoms with E-state index < -0.39 is 29.6 Å². The fourth-order valence-corrected chi connectivity index (χ4v) is 1.60. The number of carbonyl (C=O) groups is 2. The van der Waals surface area contributed by atoms with Crippen LogP contribution >= 0.6 is 0 Å². The summed E-state index contributed by atoms with van der Waals surface area (Å²) in [5.74, 6) is -3.76. The number of likely N-dealkylation sites (tertiary alicyclic amines) is 1. The lowest BCUT2D eigenvalue weighted by atomic mass is 10.0. The van der Waals surface area contributed by atoms with Gasteiger partial charge in [-0.2, -0.15) is 0 Å². The van der Waals surface area contributed by atoms with Crippen molar-refractivity contribution in [3.63, 3.8) is 0 Å². The van der Waals surface area contributed by atoms with Crippen molar-refractivity contribution in [2.45, 2.75) is 0 Å². The largest absolute Gasteiger partial charge is 0.481 e. The van der Waals surface area contributed by atoms with E-state index in [4.69, 9.17) is 5.11 Å². The minimum Gasteiger partial charge on any atom is -0.481 e. The molecule has 5 nitrogen and oxygen atoms in total. The van der Waals surface area contributed by atoms with E-state index in [2.05, 4.69) is 5.32 Å². The summed E-state index contributed by atoms with van der Waals surface area (Å²) in [5.41, 5.74) is -0.265. The van der Waals surface area contributed by atoms with E-state index in [1.807, 2.05) is 0 Å². The highest BCUT2D eigenvalue weighted by Crippen LogP contribution is 2.20. The van der Waals surface area contributed by atoms with Gasteiger partial charge in [0.2, 0.25) is 0 Å². The number of carbonyl (C=O) groups excluding carboxylic acids is 1. The third-order valence-corrected chi connectivity index (χ3v) is 2.71. The molecule has 1 saturated heterocycles. The Morgan fingerprint density at radius 2 is 2.00 bits per heavy atom. The van der Waals surface area contributed by atoms with Crippen molar-refractivity contribution in [1.82, 2.24) is 4.90 Å². The zero-order valence-corrected chi connectivity index (χ0v) is 9.19. The van der Waals surface area contributed by atoms with Gasteiger partial charge in [0.1, 0.15) is 0 Å². The van der Waals surface area contributed by atoms with Gasteiger partial charge in [0.15, 0.2) is 11.6 Å². The maximum atomic E-state index is 13.2. The predicted octanol–water partition coefficient (Wildman–Crippen LogP) is 1.51. The first kappa shape index (κ1) is 12.3. The average Bonchev–Trinajstić information content (AvgIpc) is 2.22. The minimum atomic E-state index is -1.14. The van der Waals surface area contributed by atoms with Crippen molar-refractivity contribution in [1.29, 1.82) is 0 Å². The van der Waals surface area contributed by atoms with Gasteiger partial charge in [-0.3, -0.25) is 4.79 Å². The maximum absolute atomic E-state index is 13.2. The molecular weight excluding hydrogens is 246 g/mol. The molecule has 1 aliphatic heterocycles. The fraction of sp³-hybridized carbons (Fsp3) is 0.273. The number of benzene rings is 1. The van der Waals surface area contributed by atoms with Gasteiger partial charge in [0, 0.05) is 13.1 Å². The van der Waals surface area contributed by atoms with Crippen molar-refractivity contribution in [2.24, 2.45) is 5.92 Å². The molecule has 0 bridgehead atoms. The molecule has 0 aliphatic carbocycles. The summed E-state index contributed by atoms with van der Waals surface area (Å²) in [6.07, 6.45) is 0. The Kier molecular flexibility index (Phi) is 3.14. The maximum Gasteiger partial charge on any atom is 0.321 e. The third-order valence-electron chi connectivity index (χ3n) is 2.71. The van der Waals surface area contributed by atoms with E-state index in [1.54, 1.807) is 0 Å². The molecule has 0 unspecified atom stereocenters. The number of rotatable bonds is 2. The van der Waals surface area contributed by atoms with Crippen molar-refractivity contribution >= 4 is 17.7 Å². The van der Waals surface area contributed by atoms with E-state index >= 15 is 0 Å². The molecule has 0 radical (unpaired) electrons. The second-order valence-corrected chi connectivity index (χ2v) is 3.97. The zero-order chi connectivity index (χ0) is 13.3. The quantitative estimate of drug-likeness (QED) is 0.842. The van der Waals surface area contributed by atoms with Crippen LogP contribution in [0.15, 0.2) is 18.2 Å². The van der Waals surface area contributed by atoms with Crippen molar-refractivity contribution in [2.75, 3.05) is 18.4 Å². The summed E-state index contributed by atoms with van der Waals surface area (Å²) in [7, 11) is 0. The summed E-state index contributed by atoms with van der Waals surface area (Å²) in [6.45, 7) is 0.135. The van der Waals surface area contributed by atoms with Gasteiger partial charge in [-0.25, -0.2) is 13.6 Å². The van der Waals surface area contributed by atoms with Crippen LogP contribution in [-0.4, -0.2) is 35.1 Å². The van der Waals surface area contributed by atoms with Crippen LogP contribution in [0.4, 0.5) is 19.3 Å². The topological polar surface area (TPSA) is 69.6 Å². The number of carboxylic acids is 1. The van der Waals surface area contributed by atoms with Crippen LogP contribution in [0.5, 0.6) is 0 Å². The number of nitrogens with zero attached hydrogens (tertiary/aromatic N) is 1. The lowest BCUT2D eigenvalue weighted by Crippen LogP contribution is -2.54. The lowest BCUT2D eigenvalue weighted by Gasteiger charge is -2.36. The molecule has 2 amide bonds. The minimum absolute atomic E-state index is 0.0676. The number of amides is 2. The Bertz CT molecular complexity index is 501. The van der Waals surface area contributed by atoms with Crippen LogP contribution < -0.4 is 5.32 Å². The number of hydrogen-bond donors (Lipinski definition) is 2. The molecular formula is C11H10F2N2O3. The molecule has 0 atom stereocenters. The van der Waals surface area contributed by atoms with Crippen LogP contribution in [-0.2, 0) is 4.79 Å². The first-order valence-electron chi connectivity index (χ1n) is 5.22. The Morgan fingerprint density at radius 3 is 2.61 bits per heavy atom. The monoisotopic (exact) mass is 256 g/mol. The van der Waals surface area contributed by atoms with Gasteiger partial charge in [-0.1, -0.05) is 6.07 Å². The van der Waals surface area contributed by atoms with Crippen molar-refractivity contribution in [3.05, 3.63) is 29.8 Å². The molecule has 1 aliphatic rings. The van der Waals surface area contributed by atoms with E-state index in [0.29, 0.717) is 0 Å². The Balaban J connectivity index is 1.97. The summed E-state index contributed by atoms with van der Waals surface area (Å²) in [4.78, 5) is 23.3. The molecule has 96 valence electrons. The van der Waals surface area contributed by atoms with Crippen molar-refractivity contribution in [3.8, 4) is 0 Å². The molecule has 2 rings (SSSR count). The Morgan fingerprint density at radius 1 is 1.33 bits per heavy atom. The molecule has 7 heteroatoms. The van der Waals surface area contributed by atoms with Crippen LogP contribution in [0.2, 0.25) is 0 Å². The van der Waals surface area contributed by atoms with Gasteiger partial charge >= 0.3 is 12.0 Å². The number of nitrogens with one attached hydrogen (secondary N) is 1. The summed E-state index contributed by atoms with van der Waals surface area (Å²) >= 11 is 0. The normalized spacial score (nSPS) is 15.1. The molecule has 2 N–H and O–H groups in total. The van der Waals surface area contributed by atoms with E-state index in [9.17, 15) is 18.4 Å². The number of urea groups is 1. The van der Waals surface area contributed by atoms with Gasteiger partial charge in [-0.15, -0.1) is 0 Å². The standard InChI is InChI=1S/C11H10F2N2O3/c12-7-2-1-3-8(9(7)13)14-11(18)15-4-6(5-15)10(16)17/h1-3,6H,4-5H2,(H,14,18)(H,16,17). The van der Waals surface area contributed by atoms with Crippen LogP contribution in [0, 0.1) is 17.6 Å². The molecule has 1 aromatic carbocycles. The Hall–Kier alpha value is -2.18. The van der Waals surface area contributed by atoms with E-state index in [0.717, 1.165) is 6.07 Å². The summed E-state index contributed by atoms with van der Waals surface area (Å²) in [5, 5.41) is 10.8. The molecule has 1 aromatic rings. The number of hydrogen-bond acceptors (Lipinski definition) is 2. The first-order chi connectivity index (χ1) is 8.49. The fourth-order valence-electron chi connectivity index (χ4n) is 1.60. The number of anilines is 1. The highest BCUT2D eigenvalue weighted by atomic mass is 19.2. The lowest BCUT2D eigenvalue weighted by molar-refractivity contribution is -0.145. The third kappa shape index (κ3) is 2.24.